The highest BCUT2D eigenvalue weighted by molar-refractivity contribution is 5.93. The summed E-state index contributed by atoms with van der Waals surface area (Å²) in [6.45, 7) is 9.43. The standard InChI is InChI=1S/C15H27N5O2/c1-7-20(8-2)14(22)10-18(5)9-13(21)16-15-11(3)17-19(6)12(15)4/h7-10H2,1-6H3,(H,16,21). The van der Waals surface area contributed by atoms with Crippen molar-refractivity contribution in [1.82, 2.24) is 19.6 Å². The first-order chi connectivity index (χ1) is 10.3. The first kappa shape index (κ1) is 18.2. The predicted molar refractivity (Wildman–Crippen MR) is 86.7 cm³/mol. The largest absolute Gasteiger partial charge is 0.342 e. The van der Waals surface area contributed by atoms with Gasteiger partial charge in [-0.2, -0.15) is 5.10 Å². The van der Waals surface area contributed by atoms with Crippen LogP contribution in [0.5, 0.6) is 0 Å². The number of amides is 2. The third-order valence-electron chi connectivity index (χ3n) is 3.71. The lowest BCUT2D eigenvalue weighted by Gasteiger charge is -2.22. The molecule has 22 heavy (non-hydrogen) atoms. The number of anilines is 1. The molecule has 7 nitrogen and oxygen atoms in total. The summed E-state index contributed by atoms with van der Waals surface area (Å²) in [5.41, 5.74) is 2.44. The smallest absolute Gasteiger partial charge is 0.238 e. The zero-order valence-corrected chi connectivity index (χ0v) is 14.4. The molecular formula is C15H27N5O2. The second-order valence-corrected chi connectivity index (χ2v) is 5.46. The molecule has 124 valence electrons. The molecule has 0 radical (unpaired) electrons. The number of carbonyl (C=O) groups is 2. The molecule has 0 atom stereocenters. The third kappa shape index (κ3) is 4.56. The maximum atomic E-state index is 12.1. The Bertz CT molecular complexity index is 534. The van der Waals surface area contributed by atoms with Crippen LogP contribution in [-0.4, -0.2) is 64.6 Å². The van der Waals surface area contributed by atoms with Crippen molar-refractivity contribution in [1.29, 1.82) is 0 Å². The van der Waals surface area contributed by atoms with E-state index in [9.17, 15) is 9.59 Å². The molecule has 0 fully saturated rings. The lowest BCUT2D eigenvalue weighted by atomic mass is 10.3. The van der Waals surface area contributed by atoms with Crippen LogP contribution in [0.15, 0.2) is 0 Å². The van der Waals surface area contributed by atoms with Gasteiger partial charge < -0.3 is 10.2 Å². The van der Waals surface area contributed by atoms with Gasteiger partial charge in [-0.05, 0) is 34.7 Å². The van der Waals surface area contributed by atoms with Crippen LogP contribution in [-0.2, 0) is 16.6 Å². The number of hydrogen-bond donors (Lipinski definition) is 1. The van der Waals surface area contributed by atoms with Gasteiger partial charge in [0.25, 0.3) is 0 Å². The van der Waals surface area contributed by atoms with E-state index in [0.29, 0.717) is 13.1 Å². The van der Waals surface area contributed by atoms with E-state index < -0.39 is 0 Å². The van der Waals surface area contributed by atoms with Gasteiger partial charge in [0.2, 0.25) is 11.8 Å². The van der Waals surface area contributed by atoms with E-state index in [1.807, 2.05) is 34.7 Å². The molecule has 1 aromatic rings. The molecule has 0 aliphatic carbocycles. The van der Waals surface area contributed by atoms with Crippen LogP contribution >= 0.6 is 0 Å². The number of aromatic nitrogens is 2. The summed E-state index contributed by atoms with van der Waals surface area (Å²) in [5.74, 6) is -0.108. The molecule has 0 saturated heterocycles. The number of hydrogen-bond acceptors (Lipinski definition) is 4. The van der Waals surface area contributed by atoms with Crippen LogP contribution in [0.25, 0.3) is 0 Å². The fourth-order valence-electron chi connectivity index (χ4n) is 2.34. The van der Waals surface area contributed by atoms with Crippen molar-refractivity contribution >= 4 is 17.5 Å². The first-order valence-electron chi connectivity index (χ1n) is 7.56. The Hall–Kier alpha value is -1.89. The Morgan fingerprint density at radius 2 is 1.77 bits per heavy atom. The van der Waals surface area contributed by atoms with Gasteiger partial charge in [-0.1, -0.05) is 0 Å². The van der Waals surface area contributed by atoms with E-state index >= 15 is 0 Å². The van der Waals surface area contributed by atoms with E-state index in [0.717, 1.165) is 17.1 Å². The number of rotatable bonds is 7. The van der Waals surface area contributed by atoms with Gasteiger partial charge in [-0.3, -0.25) is 19.2 Å². The fraction of sp³-hybridized carbons (Fsp3) is 0.667. The van der Waals surface area contributed by atoms with Crippen molar-refractivity contribution in [3.8, 4) is 0 Å². The average molecular weight is 309 g/mol. The van der Waals surface area contributed by atoms with E-state index in [-0.39, 0.29) is 24.9 Å². The molecule has 0 spiro atoms. The maximum Gasteiger partial charge on any atom is 0.238 e. The Labute approximate surface area is 132 Å². The van der Waals surface area contributed by atoms with Crippen LogP contribution in [0.3, 0.4) is 0 Å². The maximum absolute atomic E-state index is 12.1. The molecule has 7 heteroatoms. The molecule has 0 bridgehead atoms. The molecule has 0 aliphatic heterocycles. The SMILES string of the molecule is CCN(CC)C(=O)CN(C)CC(=O)Nc1c(C)nn(C)c1C. The number of nitrogens with zero attached hydrogens (tertiary/aromatic N) is 4. The van der Waals surface area contributed by atoms with Gasteiger partial charge in [0.05, 0.1) is 30.2 Å². The van der Waals surface area contributed by atoms with Crippen LogP contribution in [0, 0.1) is 13.8 Å². The third-order valence-corrected chi connectivity index (χ3v) is 3.71. The highest BCUT2D eigenvalue weighted by atomic mass is 16.2. The summed E-state index contributed by atoms with van der Waals surface area (Å²) in [7, 11) is 3.61. The summed E-state index contributed by atoms with van der Waals surface area (Å²) in [6.07, 6.45) is 0. The van der Waals surface area contributed by atoms with Gasteiger partial charge >= 0.3 is 0 Å². The van der Waals surface area contributed by atoms with Gasteiger partial charge in [0.15, 0.2) is 0 Å². The highest BCUT2D eigenvalue weighted by Gasteiger charge is 2.17. The minimum Gasteiger partial charge on any atom is -0.342 e. The number of aryl methyl sites for hydroxylation is 2. The van der Waals surface area contributed by atoms with Gasteiger partial charge in [-0.15, -0.1) is 0 Å². The molecule has 0 aliphatic rings. The number of carbonyl (C=O) groups excluding carboxylic acids is 2. The second-order valence-electron chi connectivity index (χ2n) is 5.46. The van der Waals surface area contributed by atoms with Crippen LogP contribution in [0.2, 0.25) is 0 Å². The van der Waals surface area contributed by atoms with E-state index in [1.54, 1.807) is 21.5 Å². The van der Waals surface area contributed by atoms with Crippen molar-refractivity contribution in [3.63, 3.8) is 0 Å². The molecule has 0 aromatic carbocycles. The monoisotopic (exact) mass is 309 g/mol. The molecular weight excluding hydrogens is 282 g/mol. The Kier molecular flexibility index (Phi) is 6.55. The predicted octanol–water partition coefficient (Wildman–Crippen LogP) is 0.776. The minimum absolute atomic E-state index is 0.0361. The summed E-state index contributed by atoms with van der Waals surface area (Å²) < 4.78 is 1.73. The molecule has 0 unspecified atom stereocenters. The van der Waals surface area contributed by atoms with E-state index in [2.05, 4.69) is 10.4 Å². The summed E-state index contributed by atoms with van der Waals surface area (Å²) in [5, 5.41) is 7.14. The topological polar surface area (TPSA) is 70.5 Å². The molecule has 0 saturated carbocycles. The van der Waals surface area contributed by atoms with Crippen molar-refractivity contribution in [2.24, 2.45) is 7.05 Å². The quantitative estimate of drug-likeness (QED) is 0.808. The zero-order valence-electron chi connectivity index (χ0n) is 14.4. The first-order valence-corrected chi connectivity index (χ1v) is 7.56. The summed E-state index contributed by atoms with van der Waals surface area (Å²) >= 11 is 0. The van der Waals surface area contributed by atoms with Crippen molar-refractivity contribution in [2.75, 3.05) is 38.5 Å². The summed E-state index contributed by atoms with van der Waals surface area (Å²) in [6, 6.07) is 0. The molecule has 2 amide bonds. The van der Waals surface area contributed by atoms with Crippen LogP contribution in [0.1, 0.15) is 25.2 Å². The zero-order chi connectivity index (χ0) is 16.9. The van der Waals surface area contributed by atoms with Gasteiger partial charge in [0.1, 0.15) is 0 Å². The van der Waals surface area contributed by atoms with Crippen molar-refractivity contribution < 1.29 is 9.59 Å². The van der Waals surface area contributed by atoms with Gasteiger partial charge in [0, 0.05) is 20.1 Å². The Morgan fingerprint density at radius 1 is 1.18 bits per heavy atom. The van der Waals surface area contributed by atoms with Crippen molar-refractivity contribution in [3.05, 3.63) is 11.4 Å². The lowest BCUT2D eigenvalue weighted by Crippen LogP contribution is -2.41. The fourth-order valence-corrected chi connectivity index (χ4v) is 2.34. The van der Waals surface area contributed by atoms with E-state index in [4.69, 9.17) is 0 Å². The van der Waals surface area contributed by atoms with Crippen LogP contribution < -0.4 is 5.32 Å². The molecule has 1 aromatic heterocycles. The summed E-state index contributed by atoms with van der Waals surface area (Å²) in [4.78, 5) is 27.6. The molecule has 1 rings (SSSR count). The average Bonchev–Trinajstić information content (AvgIpc) is 2.66. The van der Waals surface area contributed by atoms with Crippen molar-refractivity contribution in [2.45, 2.75) is 27.7 Å². The highest BCUT2D eigenvalue weighted by Crippen LogP contribution is 2.17. The normalized spacial score (nSPS) is 10.9. The number of likely N-dealkylation sites (N-methyl/N-ethyl adjacent to an activating group) is 2. The minimum atomic E-state index is -0.144. The Balaban J connectivity index is 2.56. The lowest BCUT2D eigenvalue weighted by molar-refractivity contribution is -0.132. The number of nitrogens with one attached hydrogen (secondary N) is 1. The van der Waals surface area contributed by atoms with Gasteiger partial charge in [-0.25, -0.2) is 0 Å². The molecule has 1 heterocycles. The molecule has 1 N–H and O–H groups in total. The Morgan fingerprint density at radius 3 is 2.23 bits per heavy atom. The van der Waals surface area contributed by atoms with Crippen LogP contribution in [0.4, 0.5) is 5.69 Å². The van der Waals surface area contributed by atoms with E-state index in [1.165, 1.54) is 0 Å². The second kappa shape index (κ2) is 7.93.